The first kappa shape index (κ1) is 15.4. The van der Waals surface area contributed by atoms with E-state index < -0.39 is 0 Å². The van der Waals surface area contributed by atoms with Crippen molar-refractivity contribution in [1.82, 2.24) is 10.2 Å². The van der Waals surface area contributed by atoms with Gasteiger partial charge in [0, 0.05) is 26.2 Å². The molecule has 1 aliphatic heterocycles. The van der Waals surface area contributed by atoms with Crippen LogP contribution in [-0.4, -0.2) is 50.2 Å². The topological polar surface area (TPSA) is 41.6 Å². The quantitative estimate of drug-likeness (QED) is 0.753. The highest BCUT2D eigenvalue weighted by Gasteiger charge is 2.28. The number of amides is 1. The van der Waals surface area contributed by atoms with Gasteiger partial charge in [0.05, 0.1) is 12.5 Å². The number of hydrogen-bond acceptors (Lipinski definition) is 3. The molecule has 0 aromatic carbocycles. The van der Waals surface area contributed by atoms with Crippen LogP contribution in [0.5, 0.6) is 0 Å². The number of piperidine rings is 1. The fraction of sp³-hybridized carbons (Fsp3) is 0.929. The summed E-state index contributed by atoms with van der Waals surface area (Å²) in [6.07, 6.45) is 4.17. The molecule has 0 bridgehead atoms. The van der Waals surface area contributed by atoms with Gasteiger partial charge in [-0.1, -0.05) is 13.8 Å². The van der Waals surface area contributed by atoms with Gasteiger partial charge in [-0.25, -0.2) is 0 Å². The summed E-state index contributed by atoms with van der Waals surface area (Å²) in [5.41, 5.74) is 0. The Kier molecular flexibility index (Phi) is 7.28. The van der Waals surface area contributed by atoms with Crippen molar-refractivity contribution in [1.29, 1.82) is 0 Å². The average Bonchev–Trinajstić information content (AvgIpc) is 2.43. The van der Waals surface area contributed by atoms with E-state index in [0.29, 0.717) is 18.6 Å². The van der Waals surface area contributed by atoms with Crippen LogP contribution in [0.25, 0.3) is 0 Å². The minimum absolute atomic E-state index is 0.163. The zero-order valence-corrected chi connectivity index (χ0v) is 12.1. The zero-order valence-electron chi connectivity index (χ0n) is 12.1. The number of nitrogens with one attached hydrogen (secondary N) is 1. The summed E-state index contributed by atoms with van der Waals surface area (Å²) < 4.78 is 5.14. The van der Waals surface area contributed by atoms with Crippen molar-refractivity contribution < 1.29 is 9.53 Å². The Morgan fingerprint density at radius 3 is 2.67 bits per heavy atom. The smallest absolute Gasteiger partial charge is 0.227 e. The van der Waals surface area contributed by atoms with Crippen LogP contribution in [0.1, 0.15) is 39.5 Å². The fourth-order valence-electron chi connectivity index (χ4n) is 2.69. The van der Waals surface area contributed by atoms with Crippen molar-refractivity contribution in [3.63, 3.8) is 0 Å². The first-order valence-corrected chi connectivity index (χ1v) is 7.24. The molecule has 1 N–H and O–H groups in total. The Hall–Kier alpha value is -0.610. The van der Waals surface area contributed by atoms with Crippen LogP contribution in [0.3, 0.4) is 0 Å². The van der Waals surface area contributed by atoms with Crippen molar-refractivity contribution in [2.75, 3.05) is 33.4 Å². The second kappa shape index (κ2) is 8.48. The first-order chi connectivity index (χ1) is 8.74. The summed E-state index contributed by atoms with van der Waals surface area (Å²) in [6, 6.07) is 0.356. The molecule has 0 aromatic rings. The van der Waals surface area contributed by atoms with Gasteiger partial charge < -0.3 is 15.0 Å². The predicted octanol–water partition coefficient (Wildman–Crippen LogP) is 1.65. The molecule has 0 saturated carbocycles. The first-order valence-electron chi connectivity index (χ1n) is 7.24. The van der Waals surface area contributed by atoms with Gasteiger partial charge in [0.15, 0.2) is 0 Å². The van der Waals surface area contributed by atoms with E-state index in [1.54, 1.807) is 7.11 Å². The monoisotopic (exact) mass is 256 g/mol. The number of hydrogen-bond donors (Lipinski definition) is 1. The molecule has 1 heterocycles. The molecule has 1 unspecified atom stereocenters. The van der Waals surface area contributed by atoms with E-state index in [9.17, 15) is 4.79 Å². The molecule has 4 heteroatoms. The van der Waals surface area contributed by atoms with Gasteiger partial charge in [0.25, 0.3) is 0 Å². The second-order valence-electron chi connectivity index (χ2n) is 5.04. The van der Waals surface area contributed by atoms with Crippen LogP contribution in [0.4, 0.5) is 0 Å². The van der Waals surface area contributed by atoms with Gasteiger partial charge in [0.2, 0.25) is 5.91 Å². The van der Waals surface area contributed by atoms with Gasteiger partial charge in [-0.2, -0.15) is 0 Å². The molecule has 1 atom stereocenters. The lowest BCUT2D eigenvalue weighted by Gasteiger charge is -2.34. The lowest BCUT2D eigenvalue weighted by Crippen LogP contribution is -2.48. The van der Waals surface area contributed by atoms with Crippen molar-refractivity contribution in [3.05, 3.63) is 0 Å². The third-order valence-corrected chi connectivity index (χ3v) is 3.85. The second-order valence-corrected chi connectivity index (χ2v) is 5.04. The largest absolute Gasteiger partial charge is 0.383 e. The number of rotatable bonds is 7. The molecule has 0 radical (unpaired) electrons. The molecule has 18 heavy (non-hydrogen) atoms. The SMILES string of the molecule is CCC(CC)N(CCOC)C(=O)C1CCCNC1. The highest BCUT2D eigenvalue weighted by molar-refractivity contribution is 5.79. The van der Waals surface area contributed by atoms with Crippen molar-refractivity contribution in [3.8, 4) is 0 Å². The molecule has 1 amide bonds. The number of methoxy groups -OCH3 is 1. The minimum Gasteiger partial charge on any atom is -0.383 e. The predicted molar refractivity (Wildman–Crippen MR) is 73.6 cm³/mol. The Morgan fingerprint density at radius 1 is 1.44 bits per heavy atom. The molecule has 1 aliphatic rings. The molecular formula is C14H28N2O2. The van der Waals surface area contributed by atoms with Crippen LogP contribution in [0.15, 0.2) is 0 Å². The van der Waals surface area contributed by atoms with Gasteiger partial charge >= 0.3 is 0 Å². The summed E-state index contributed by atoms with van der Waals surface area (Å²) in [5, 5.41) is 3.32. The molecular weight excluding hydrogens is 228 g/mol. The summed E-state index contributed by atoms with van der Waals surface area (Å²) in [7, 11) is 1.69. The maximum Gasteiger partial charge on any atom is 0.227 e. The van der Waals surface area contributed by atoms with Crippen LogP contribution < -0.4 is 5.32 Å². The van der Waals surface area contributed by atoms with E-state index in [4.69, 9.17) is 4.74 Å². The molecule has 0 spiro atoms. The van der Waals surface area contributed by atoms with Gasteiger partial charge in [-0.05, 0) is 32.2 Å². The summed E-state index contributed by atoms with van der Waals surface area (Å²) in [4.78, 5) is 14.6. The lowest BCUT2D eigenvalue weighted by atomic mass is 9.96. The van der Waals surface area contributed by atoms with E-state index in [2.05, 4.69) is 19.2 Å². The maximum atomic E-state index is 12.6. The summed E-state index contributed by atoms with van der Waals surface area (Å²) >= 11 is 0. The molecule has 1 rings (SSSR count). The normalized spacial score (nSPS) is 20.1. The molecule has 0 aromatic heterocycles. The minimum atomic E-state index is 0.163. The van der Waals surface area contributed by atoms with Gasteiger partial charge in [0.1, 0.15) is 0 Å². The van der Waals surface area contributed by atoms with E-state index >= 15 is 0 Å². The van der Waals surface area contributed by atoms with Gasteiger partial charge in [-0.15, -0.1) is 0 Å². The third kappa shape index (κ3) is 4.25. The molecule has 1 saturated heterocycles. The highest BCUT2D eigenvalue weighted by atomic mass is 16.5. The zero-order chi connectivity index (χ0) is 13.4. The lowest BCUT2D eigenvalue weighted by molar-refractivity contribution is -0.139. The van der Waals surface area contributed by atoms with E-state index in [1.807, 2.05) is 4.90 Å². The van der Waals surface area contributed by atoms with Gasteiger partial charge in [-0.3, -0.25) is 4.79 Å². The highest BCUT2D eigenvalue weighted by Crippen LogP contribution is 2.17. The Bertz CT molecular complexity index is 236. The summed E-state index contributed by atoms with van der Waals surface area (Å²) in [6.45, 7) is 7.54. The number of nitrogens with zero attached hydrogens (tertiary/aromatic N) is 1. The average molecular weight is 256 g/mol. The molecule has 4 nitrogen and oxygen atoms in total. The Morgan fingerprint density at radius 2 is 2.17 bits per heavy atom. The maximum absolute atomic E-state index is 12.6. The fourth-order valence-corrected chi connectivity index (χ4v) is 2.69. The molecule has 106 valence electrons. The number of carbonyl (C=O) groups excluding carboxylic acids is 1. The van der Waals surface area contributed by atoms with Crippen molar-refractivity contribution in [2.24, 2.45) is 5.92 Å². The van der Waals surface area contributed by atoms with Crippen LogP contribution >= 0.6 is 0 Å². The van der Waals surface area contributed by atoms with Crippen molar-refractivity contribution >= 4 is 5.91 Å². The van der Waals surface area contributed by atoms with Crippen molar-refractivity contribution in [2.45, 2.75) is 45.6 Å². The number of ether oxygens (including phenoxy) is 1. The third-order valence-electron chi connectivity index (χ3n) is 3.85. The molecule has 1 fully saturated rings. The molecule has 0 aliphatic carbocycles. The van der Waals surface area contributed by atoms with E-state index in [1.165, 1.54) is 0 Å². The number of carbonyl (C=O) groups is 1. The van der Waals surface area contributed by atoms with E-state index in [0.717, 1.165) is 45.3 Å². The standard InChI is InChI=1S/C14H28N2O2/c1-4-13(5-2)16(9-10-18-3)14(17)12-7-6-8-15-11-12/h12-13,15H,4-11H2,1-3H3. The Labute approximate surface area is 111 Å². The van der Waals surface area contributed by atoms with Crippen LogP contribution in [0, 0.1) is 5.92 Å². The van der Waals surface area contributed by atoms with Crippen LogP contribution in [0.2, 0.25) is 0 Å². The van der Waals surface area contributed by atoms with E-state index in [-0.39, 0.29) is 5.92 Å². The van der Waals surface area contributed by atoms with Crippen LogP contribution in [-0.2, 0) is 9.53 Å². The Balaban J connectivity index is 2.63. The summed E-state index contributed by atoms with van der Waals surface area (Å²) in [5.74, 6) is 0.476.